The van der Waals surface area contributed by atoms with E-state index < -0.39 is 0 Å². The van der Waals surface area contributed by atoms with Gasteiger partial charge in [0.1, 0.15) is 12.4 Å². The van der Waals surface area contributed by atoms with Gasteiger partial charge in [-0.05, 0) is 36.2 Å². The van der Waals surface area contributed by atoms with Crippen LogP contribution in [0.3, 0.4) is 0 Å². The van der Waals surface area contributed by atoms with Crippen LogP contribution in [-0.4, -0.2) is 6.54 Å². The molecule has 0 amide bonds. The Morgan fingerprint density at radius 1 is 0.947 bits per heavy atom. The molecule has 1 heterocycles. The molecular formula is C17H17NO. The lowest BCUT2D eigenvalue weighted by Gasteiger charge is -2.16. The first kappa shape index (κ1) is 11.8. The average Bonchev–Trinajstić information content (AvgIpc) is 3.01. The molecule has 0 spiro atoms. The summed E-state index contributed by atoms with van der Waals surface area (Å²) in [5.74, 6) is 0.913. The Bertz CT molecular complexity index is 545. The molecule has 0 aliphatic carbocycles. The van der Waals surface area contributed by atoms with Gasteiger partial charge in [0.25, 0.3) is 0 Å². The van der Waals surface area contributed by atoms with Crippen molar-refractivity contribution in [1.29, 1.82) is 0 Å². The second kappa shape index (κ2) is 5.61. The van der Waals surface area contributed by atoms with Crippen LogP contribution in [0.15, 0.2) is 66.9 Å². The van der Waals surface area contributed by atoms with E-state index in [4.69, 9.17) is 4.74 Å². The molecule has 1 aliphatic rings. The lowest BCUT2D eigenvalue weighted by molar-refractivity contribution is 0.306. The first-order valence-corrected chi connectivity index (χ1v) is 6.62. The monoisotopic (exact) mass is 251 g/mol. The summed E-state index contributed by atoms with van der Waals surface area (Å²) in [6.45, 7) is 1.69. The molecule has 0 fully saturated rings. The zero-order chi connectivity index (χ0) is 12.9. The summed E-state index contributed by atoms with van der Waals surface area (Å²) >= 11 is 0. The van der Waals surface area contributed by atoms with Crippen LogP contribution in [-0.2, 0) is 6.61 Å². The molecule has 1 aliphatic heterocycles. The second-order valence-corrected chi connectivity index (χ2v) is 4.64. The first-order chi connectivity index (χ1) is 9.42. The number of benzene rings is 2. The van der Waals surface area contributed by atoms with E-state index in [1.165, 1.54) is 11.3 Å². The normalized spacial score (nSPS) is 13.8. The van der Waals surface area contributed by atoms with Gasteiger partial charge in [-0.25, -0.2) is 0 Å². The van der Waals surface area contributed by atoms with Crippen LogP contribution in [0, 0.1) is 0 Å². The Morgan fingerprint density at radius 3 is 2.42 bits per heavy atom. The molecule has 2 aromatic rings. The van der Waals surface area contributed by atoms with Crippen molar-refractivity contribution >= 4 is 5.69 Å². The smallest absolute Gasteiger partial charge is 0.119 e. The van der Waals surface area contributed by atoms with Gasteiger partial charge in [0.05, 0.1) is 0 Å². The van der Waals surface area contributed by atoms with E-state index in [2.05, 4.69) is 41.4 Å². The molecule has 0 aromatic heterocycles. The van der Waals surface area contributed by atoms with Gasteiger partial charge in [-0.1, -0.05) is 36.4 Å². The molecule has 96 valence electrons. The molecule has 2 aromatic carbocycles. The summed E-state index contributed by atoms with van der Waals surface area (Å²) in [6, 6.07) is 18.5. The largest absolute Gasteiger partial charge is 0.489 e. The molecule has 2 heteroatoms. The topological polar surface area (TPSA) is 12.5 Å². The highest BCUT2D eigenvalue weighted by Crippen LogP contribution is 2.22. The van der Waals surface area contributed by atoms with Crippen molar-refractivity contribution in [2.45, 2.75) is 13.0 Å². The Kier molecular flexibility index (Phi) is 3.50. The highest BCUT2D eigenvalue weighted by Gasteiger charge is 2.06. The number of hydrogen-bond acceptors (Lipinski definition) is 2. The summed E-state index contributed by atoms with van der Waals surface area (Å²) in [7, 11) is 0. The van der Waals surface area contributed by atoms with Crippen molar-refractivity contribution in [3.63, 3.8) is 0 Å². The number of hydrogen-bond donors (Lipinski definition) is 0. The third-order valence-electron chi connectivity index (χ3n) is 3.24. The van der Waals surface area contributed by atoms with Gasteiger partial charge in [0, 0.05) is 18.4 Å². The van der Waals surface area contributed by atoms with Crippen molar-refractivity contribution in [1.82, 2.24) is 0 Å². The van der Waals surface area contributed by atoms with E-state index in [1.54, 1.807) is 0 Å². The predicted octanol–water partition coefficient (Wildman–Crippen LogP) is 3.99. The number of rotatable bonds is 4. The van der Waals surface area contributed by atoms with Gasteiger partial charge in [-0.15, -0.1) is 0 Å². The molecule has 2 nitrogen and oxygen atoms in total. The number of anilines is 1. The molecular weight excluding hydrogens is 234 g/mol. The third-order valence-corrected chi connectivity index (χ3v) is 3.24. The van der Waals surface area contributed by atoms with Crippen LogP contribution >= 0.6 is 0 Å². The van der Waals surface area contributed by atoms with Gasteiger partial charge < -0.3 is 9.64 Å². The highest BCUT2D eigenvalue weighted by molar-refractivity contribution is 5.52. The zero-order valence-corrected chi connectivity index (χ0v) is 10.8. The highest BCUT2D eigenvalue weighted by atomic mass is 16.5. The number of nitrogens with zero attached hydrogens (tertiary/aromatic N) is 1. The maximum absolute atomic E-state index is 5.77. The maximum atomic E-state index is 5.77. The van der Waals surface area contributed by atoms with Crippen LogP contribution in [0.5, 0.6) is 5.75 Å². The molecule has 0 unspecified atom stereocenters. The Hall–Kier alpha value is -2.22. The molecule has 0 saturated carbocycles. The van der Waals surface area contributed by atoms with Crippen LogP contribution in [0.4, 0.5) is 5.69 Å². The van der Waals surface area contributed by atoms with Crippen LogP contribution in [0.25, 0.3) is 0 Å². The fraction of sp³-hybridized carbons (Fsp3) is 0.176. The lowest BCUT2D eigenvalue weighted by Crippen LogP contribution is -2.11. The van der Waals surface area contributed by atoms with Crippen LogP contribution in [0.1, 0.15) is 12.0 Å². The van der Waals surface area contributed by atoms with Gasteiger partial charge >= 0.3 is 0 Å². The minimum Gasteiger partial charge on any atom is -0.489 e. The summed E-state index contributed by atoms with van der Waals surface area (Å²) in [4.78, 5) is 2.25. The lowest BCUT2D eigenvalue weighted by atomic mass is 10.2. The van der Waals surface area contributed by atoms with Gasteiger partial charge in [-0.2, -0.15) is 0 Å². The van der Waals surface area contributed by atoms with Crippen molar-refractivity contribution in [2.75, 3.05) is 11.4 Å². The van der Waals surface area contributed by atoms with Crippen LogP contribution < -0.4 is 9.64 Å². The second-order valence-electron chi connectivity index (χ2n) is 4.64. The number of ether oxygens (including phenoxy) is 1. The third kappa shape index (κ3) is 2.97. The van der Waals surface area contributed by atoms with Crippen LogP contribution in [0.2, 0.25) is 0 Å². The molecule has 0 saturated heterocycles. The van der Waals surface area contributed by atoms with E-state index in [-0.39, 0.29) is 0 Å². The van der Waals surface area contributed by atoms with E-state index in [9.17, 15) is 0 Å². The summed E-state index contributed by atoms with van der Waals surface area (Å²) < 4.78 is 5.77. The van der Waals surface area contributed by atoms with Crippen molar-refractivity contribution in [3.8, 4) is 5.75 Å². The molecule has 3 rings (SSSR count). The summed E-state index contributed by atoms with van der Waals surface area (Å²) in [6.07, 6.45) is 5.46. The van der Waals surface area contributed by atoms with Crippen molar-refractivity contribution in [3.05, 3.63) is 72.4 Å². The van der Waals surface area contributed by atoms with Crippen molar-refractivity contribution < 1.29 is 4.74 Å². The predicted molar refractivity (Wildman–Crippen MR) is 78.3 cm³/mol. The van der Waals surface area contributed by atoms with Gasteiger partial charge in [0.2, 0.25) is 0 Å². The average molecular weight is 251 g/mol. The minimum absolute atomic E-state index is 0.615. The van der Waals surface area contributed by atoms with E-state index in [1.807, 2.05) is 30.3 Å². The molecule has 0 atom stereocenters. The molecule has 0 N–H and O–H groups in total. The molecule has 19 heavy (non-hydrogen) atoms. The van der Waals surface area contributed by atoms with Gasteiger partial charge in [0.15, 0.2) is 0 Å². The first-order valence-electron chi connectivity index (χ1n) is 6.62. The standard InChI is InChI=1S/C17H17NO/c1-2-6-15(7-3-1)14-19-17-10-8-16(9-11-17)18-12-4-5-13-18/h1-4,6-12H,5,13-14H2. The molecule has 0 radical (unpaired) electrons. The zero-order valence-electron chi connectivity index (χ0n) is 10.8. The SMILES string of the molecule is C1=CN(c2ccc(OCc3ccccc3)cc2)CC1. The molecule has 0 bridgehead atoms. The Labute approximate surface area is 113 Å². The van der Waals surface area contributed by atoms with E-state index >= 15 is 0 Å². The fourth-order valence-corrected chi connectivity index (χ4v) is 2.18. The minimum atomic E-state index is 0.615. The summed E-state index contributed by atoms with van der Waals surface area (Å²) in [5.41, 5.74) is 2.41. The van der Waals surface area contributed by atoms with E-state index in [0.29, 0.717) is 6.61 Å². The van der Waals surface area contributed by atoms with Gasteiger partial charge in [-0.3, -0.25) is 0 Å². The van der Waals surface area contributed by atoms with E-state index in [0.717, 1.165) is 18.7 Å². The van der Waals surface area contributed by atoms with Crippen molar-refractivity contribution in [2.24, 2.45) is 0 Å². The summed E-state index contributed by atoms with van der Waals surface area (Å²) in [5, 5.41) is 0. The Balaban J connectivity index is 1.61. The quantitative estimate of drug-likeness (QED) is 0.814. The fourth-order valence-electron chi connectivity index (χ4n) is 2.18. The Morgan fingerprint density at radius 2 is 1.74 bits per heavy atom. The maximum Gasteiger partial charge on any atom is 0.119 e.